The quantitative estimate of drug-likeness (QED) is 0.670. The molecule has 0 saturated carbocycles. The van der Waals surface area contributed by atoms with Crippen LogP contribution in [0.3, 0.4) is 0 Å². The number of carbonyl (C=O) groups excluding carboxylic acids is 1. The number of thiophene rings is 1. The number of ether oxygens (including phenoxy) is 2. The van der Waals surface area contributed by atoms with Crippen LogP contribution in [0.2, 0.25) is 0 Å². The highest BCUT2D eigenvalue weighted by Gasteiger charge is 2.24. The molecule has 3 aromatic rings. The average Bonchev–Trinajstić information content (AvgIpc) is 3.11. The van der Waals surface area contributed by atoms with Crippen molar-refractivity contribution in [1.82, 2.24) is 14.9 Å². The van der Waals surface area contributed by atoms with Crippen molar-refractivity contribution >= 4 is 33.3 Å². The van der Waals surface area contributed by atoms with Gasteiger partial charge in [-0.15, -0.1) is 11.3 Å². The van der Waals surface area contributed by atoms with Gasteiger partial charge in [-0.25, -0.2) is 9.97 Å². The van der Waals surface area contributed by atoms with Crippen molar-refractivity contribution in [1.29, 1.82) is 0 Å². The molecule has 0 bridgehead atoms. The number of carbonyl (C=O) groups is 1. The van der Waals surface area contributed by atoms with Crippen molar-refractivity contribution in [2.75, 3.05) is 45.3 Å². The second kappa shape index (κ2) is 8.75. The minimum absolute atomic E-state index is 0.0537. The van der Waals surface area contributed by atoms with Crippen LogP contribution in [0.1, 0.15) is 20.8 Å². The molecule has 1 amide bonds. The summed E-state index contributed by atoms with van der Waals surface area (Å²) < 4.78 is 10.6. The first-order chi connectivity index (χ1) is 14.2. The number of hydrogen-bond donors (Lipinski definition) is 1. The normalized spacial score (nSPS) is 14.2. The Balaban J connectivity index is 1.50. The predicted octanol–water partition coefficient (Wildman–Crippen LogP) is 3.14. The van der Waals surface area contributed by atoms with Crippen molar-refractivity contribution in [2.45, 2.75) is 13.3 Å². The first kappa shape index (κ1) is 19.6. The maximum atomic E-state index is 13.0. The Bertz CT molecular complexity index is 997. The van der Waals surface area contributed by atoms with Gasteiger partial charge in [-0.05, 0) is 36.6 Å². The van der Waals surface area contributed by atoms with Crippen molar-refractivity contribution < 1.29 is 14.3 Å². The summed E-state index contributed by atoms with van der Waals surface area (Å²) in [4.78, 5) is 25.2. The predicted molar refractivity (Wildman–Crippen MR) is 114 cm³/mol. The zero-order chi connectivity index (χ0) is 20.2. The Kier molecular flexibility index (Phi) is 5.92. The van der Waals surface area contributed by atoms with Crippen LogP contribution in [0.4, 0.5) is 5.82 Å². The molecule has 3 heterocycles. The van der Waals surface area contributed by atoms with Crippen molar-refractivity contribution in [3.05, 3.63) is 46.6 Å². The van der Waals surface area contributed by atoms with Crippen LogP contribution in [0, 0.1) is 6.92 Å². The maximum absolute atomic E-state index is 13.0. The monoisotopic (exact) mass is 412 g/mol. The van der Waals surface area contributed by atoms with Crippen molar-refractivity contribution in [3.63, 3.8) is 0 Å². The molecule has 0 atom stereocenters. The molecule has 1 aliphatic heterocycles. The number of aromatic nitrogens is 2. The molecule has 4 rings (SSSR count). The summed E-state index contributed by atoms with van der Waals surface area (Å²) in [6, 6.07) is 8.05. The minimum Gasteiger partial charge on any atom is -0.497 e. The number of methoxy groups -OCH3 is 1. The van der Waals surface area contributed by atoms with E-state index < -0.39 is 0 Å². The van der Waals surface area contributed by atoms with Gasteiger partial charge in [0, 0.05) is 19.6 Å². The van der Waals surface area contributed by atoms with E-state index in [-0.39, 0.29) is 5.91 Å². The molecular formula is C21H24N4O3S. The third-order valence-corrected chi connectivity index (χ3v) is 6.27. The van der Waals surface area contributed by atoms with Gasteiger partial charge in [0.2, 0.25) is 0 Å². The molecule has 8 heteroatoms. The molecule has 1 saturated heterocycles. The summed E-state index contributed by atoms with van der Waals surface area (Å²) in [6.07, 6.45) is 2.41. The number of nitrogens with one attached hydrogen (secondary N) is 1. The molecule has 0 radical (unpaired) electrons. The zero-order valence-electron chi connectivity index (χ0n) is 16.6. The third kappa shape index (κ3) is 4.18. The molecule has 2 aromatic heterocycles. The fourth-order valence-corrected chi connectivity index (χ4v) is 4.55. The van der Waals surface area contributed by atoms with E-state index in [0.29, 0.717) is 26.3 Å². The fourth-order valence-electron chi connectivity index (χ4n) is 3.44. The molecule has 0 unspecified atom stereocenters. The van der Waals surface area contributed by atoms with E-state index in [4.69, 9.17) is 9.47 Å². The number of aryl methyl sites for hydroxylation is 1. The SMILES string of the molecule is COc1ccc(CCNc2ncnc3sc(C(=O)N4CCOCC4)c(C)c23)cc1. The Morgan fingerprint density at radius 1 is 1.24 bits per heavy atom. The van der Waals surface area contributed by atoms with Gasteiger partial charge in [0.15, 0.2) is 0 Å². The van der Waals surface area contributed by atoms with Crippen LogP contribution in [0.25, 0.3) is 10.2 Å². The Morgan fingerprint density at radius 3 is 2.72 bits per heavy atom. The van der Waals surface area contributed by atoms with Gasteiger partial charge < -0.3 is 19.7 Å². The molecule has 152 valence electrons. The Hall–Kier alpha value is -2.71. The molecule has 1 aromatic carbocycles. The van der Waals surface area contributed by atoms with E-state index in [9.17, 15) is 4.79 Å². The summed E-state index contributed by atoms with van der Waals surface area (Å²) in [6.45, 7) is 5.16. The van der Waals surface area contributed by atoms with Crippen molar-refractivity contribution in [3.8, 4) is 5.75 Å². The van der Waals surface area contributed by atoms with Crippen LogP contribution >= 0.6 is 11.3 Å². The van der Waals surface area contributed by atoms with Crippen LogP contribution in [0.15, 0.2) is 30.6 Å². The number of amides is 1. The van der Waals surface area contributed by atoms with Gasteiger partial charge in [0.05, 0.1) is 30.6 Å². The van der Waals surface area contributed by atoms with E-state index >= 15 is 0 Å². The minimum atomic E-state index is 0.0537. The molecule has 0 aliphatic carbocycles. The topological polar surface area (TPSA) is 76.6 Å². The number of hydrogen-bond acceptors (Lipinski definition) is 7. The number of benzene rings is 1. The van der Waals surface area contributed by atoms with Gasteiger partial charge in [0.1, 0.15) is 22.7 Å². The summed E-state index contributed by atoms with van der Waals surface area (Å²) in [5, 5.41) is 4.35. The van der Waals surface area contributed by atoms with E-state index in [1.807, 2.05) is 24.0 Å². The lowest BCUT2D eigenvalue weighted by Crippen LogP contribution is -2.40. The first-order valence-electron chi connectivity index (χ1n) is 9.65. The molecule has 7 nitrogen and oxygen atoms in total. The van der Waals surface area contributed by atoms with Gasteiger partial charge >= 0.3 is 0 Å². The first-order valence-corrected chi connectivity index (χ1v) is 10.5. The van der Waals surface area contributed by atoms with Crippen LogP contribution in [-0.4, -0.2) is 60.7 Å². The van der Waals surface area contributed by atoms with Gasteiger partial charge in [-0.2, -0.15) is 0 Å². The lowest BCUT2D eigenvalue weighted by molar-refractivity contribution is 0.0306. The van der Waals surface area contributed by atoms with E-state index in [2.05, 4.69) is 27.4 Å². The second-order valence-corrected chi connectivity index (χ2v) is 7.89. The number of nitrogens with zero attached hydrogens (tertiary/aromatic N) is 3. The van der Waals surface area contributed by atoms with Gasteiger partial charge in [-0.1, -0.05) is 12.1 Å². The highest BCUT2D eigenvalue weighted by molar-refractivity contribution is 7.20. The lowest BCUT2D eigenvalue weighted by atomic mass is 10.1. The molecule has 1 aliphatic rings. The molecule has 0 spiro atoms. The number of morpholine rings is 1. The van der Waals surface area contributed by atoms with Crippen molar-refractivity contribution in [2.24, 2.45) is 0 Å². The van der Waals surface area contributed by atoms with Gasteiger partial charge in [0.25, 0.3) is 5.91 Å². The summed E-state index contributed by atoms with van der Waals surface area (Å²) >= 11 is 1.44. The summed E-state index contributed by atoms with van der Waals surface area (Å²) in [5.41, 5.74) is 2.16. The Labute approximate surface area is 173 Å². The smallest absolute Gasteiger partial charge is 0.264 e. The lowest BCUT2D eigenvalue weighted by Gasteiger charge is -2.26. The third-order valence-electron chi connectivity index (χ3n) is 5.08. The molecule has 1 fully saturated rings. The summed E-state index contributed by atoms with van der Waals surface area (Å²) in [7, 11) is 1.66. The Morgan fingerprint density at radius 2 is 2.00 bits per heavy atom. The highest BCUT2D eigenvalue weighted by Crippen LogP contribution is 2.34. The van der Waals surface area contributed by atoms with Gasteiger partial charge in [-0.3, -0.25) is 4.79 Å². The molecular weight excluding hydrogens is 388 g/mol. The van der Waals surface area contributed by atoms with Crippen LogP contribution in [0.5, 0.6) is 5.75 Å². The van der Waals surface area contributed by atoms with Crippen LogP contribution < -0.4 is 10.1 Å². The standard InChI is InChI=1S/C21H24N4O3S/c1-14-17-19(22-8-7-15-3-5-16(27-2)6-4-15)23-13-24-20(17)29-18(14)21(26)25-9-11-28-12-10-25/h3-6,13H,7-12H2,1-2H3,(H,22,23,24). The van der Waals surface area contributed by atoms with E-state index in [0.717, 1.165) is 45.2 Å². The second-order valence-electron chi connectivity index (χ2n) is 6.89. The summed E-state index contributed by atoms with van der Waals surface area (Å²) in [5.74, 6) is 1.68. The fraction of sp³-hybridized carbons (Fsp3) is 0.381. The highest BCUT2D eigenvalue weighted by atomic mass is 32.1. The molecule has 1 N–H and O–H groups in total. The van der Waals surface area contributed by atoms with Crippen LogP contribution in [-0.2, 0) is 11.2 Å². The average molecular weight is 413 g/mol. The molecule has 29 heavy (non-hydrogen) atoms. The van der Waals surface area contributed by atoms with E-state index in [1.54, 1.807) is 13.4 Å². The van der Waals surface area contributed by atoms with E-state index in [1.165, 1.54) is 16.9 Å². The number of rotatable bonds is 6. The number of fused-ring (bicyclic) bond motifs is 1. The zero-order valence-corrected chi connectivity index (χ0v) is 17.4. The number of anilines is 1. The maximum Gasteiger partial charge on any atom is 0.264 e. The largest absolute Gasteiger partial charge is 0.497 e.